The second-order valence-corrected chi connectivity index (χ2v) is 8.51. The lowest BCUT2D eigenvalue weighted by molar-refractivity contribution is -0.156. The lowest BCUT2D eigenvalue weighted by Gasteiger charge is -2.34. The molecule has 0 saturated carbocycles. The smallest absolute Gasteiger partial charge is 0.336 e. The predicted octanol–water partition coefficient (Wildman–Crippen LogP) is 3.05. The zero-order valence-corrected chi connectivity index (χ0v) is 19.6. The fraction of sp³-hybridized carbons (Fsp3) is 0.185. The summed E-state index contributed by atoms with van der Waals surface area (Å²) in [6, 6.07) is 20.2. The number of ether oxygens (including phenoxy) is 1. The number of carbonyl (C=O) groups excluding carboxylic acids is 2. The Balaban J connectivity index is 1.74. The molecule has 0 spiro atoms. The van der Waals surface area contributed by atoms with E-state index in [-0.39, 0.29) is 13.0 Å². The van der Waals surface area contributed by atoms with Gasteiger partial charge in [-0.15, -0.1) is 0 Å². The van der Waals surface area contributed by atoms with E-state index in [1.165, 1.54) is 19.4 Å². The van der Waals surface area contributed by atoms with Crippen molar-refractivity contribution in [3.05, 3.63) is 96.6 Å². The van der Waals surface area contributed by atoms with Gasteiger partial charge in [-0.2, -0.15) is 0 Å². The topological polar surface area (TPSA) is 139 Å². The van der Waals surface area contributed by atoms with Crippen LogP contribution in [0.4, 0.5) is 5.69 Å². The normalized spacial score (nSPS) is 13.5. The molecular formula is C27H26N4O5. The summed E-state index contributed by atoms with van der Waals surface area (Å²) >= 11 is 0. The maximum Gasteiger partial charge on any atom is 0.336 e. The Labute approximate surface area is 207 Å². The fourth-order valence-corrected chi connectivity index (χ4v) is 3.94. The molecule has 3 aromatic carbocycles. The van der Waals surface area contributed by atoms with Crippen LogP contribution >= 0.6 is 0 Å². The number of nitrogens with zero attached hydrogens (tertiary/aromatic N) is 2. The molecule has 1 heterocycles. The number of benzene rings is 3. The zero-order chi connectivity index (χ0) is 25.7. The van der Waals surface area contributed by atoms with Crippen LogP contribution in [0.25, 0.3) is 10.8 Å². The van der Waals surface area contributed by atoms with Crippen LogP contribution in [0.5, 0.6) is 0 Å². The number of aromatic amines is 1. The van der Waals surface area contributed by atoms with Gasteiger partial charge in [0.25, 0.3) is 5.91 Å². The van der Waals surface area contributed by atoms with E-state index in [0.29, 0.717) is 16.9 Å². The van der Waals surface area contributed by atoms with Crippen molar-refractivity contribution in [3.63, 3.8) is 0 Å². The number of rotatable bonds is 9. The van der Waals surface area contributed by atoms with Gasteiger partial charge < -0.3 is 20.6 Å². The first kappa shape index (κ1) is 24.6. The number of aliphatic carboxylic acids is 1. The lowest BCUT2D eigenvalue weighted by atomic mass is 9.91. The third-order valence-corrected chi connectivity index (χ3v) is 5.96. The molecule has 2 atom stereocenters. The number of amides is 1. The summed E-state index contributed by atoms with van der Waals surface area (Å²) in [5.41, 5.74) is 5.73. The standard InChI is InChI=1S/C27H26N4O5/c1-18(24(32)33)31(23-12-11-20-9-5-6-10-21(20)13-23)25(34)27(28,14-22-15-29-17-30-22)26(35)36-16-19-7-3-2-4-8-19/h2-13,15,17-18H,14,16,28H2,1H3,(H,29,30)(H,32,33)/t18-,27+/m1/s1. The molecule has 9 heteroatoms. The molecule has 184 valence electrons. The minimum absolute atomic E-state index is 0.0979. The number of hydrogen-bond acceptors (Lipinski definition) is 6. The maximum atomic E-state index is 14.0. The molecule has 1 aromatic heterocycles. The number of fused-ring (bicyclic) bond motifs is 1. The van der Waals surface area contributed by atoms with E-state index in [0.717, 1.165) is 15.7 Å². The second kappa shape index (κ2) is 10.4. The van der Waals surface area contributed by atoms with Gasteiger partial charge >= 0.3 is 11.9 Å². The van der Waals surface area contributed by atoms with Gasteiger partial charge in [0.05, 0.1) is 6.33 Å². The van der Waals surface area contributed by atoms with Gasteiger partial charge in [-0.25, -0.2) is 14.6 Å². The highest BCUT2D eigenvalue weighted by Gasteiger charge is 2.49. The van der Waals surface area contributed by atoms with Crippen molar-refractivity contribution in [2.75, 3.05) is 4.90 Å². The van der Waals surface area contributed by atoms with E-state index in [1.807, 2.05) is 30.3 Å². The third-order valence-electron chi connectivity index (χ3n) is 5.96. The van der Waals surface area contributed by atoms with Crippen molar-refractivity contribution in [3.8, 4) is 0 Å². The number of imidazole rings is 1. The van der Waals surface area contributed by atoms with Crippen molar-refractivity contribution < 1.29 is 24.2 Å². The second-order valence-electron chi connectivity index (χ2n) is 8.51. The molecule has 0 saturated heterocycles. The van der Waals surface area contributed by atoms with Crippen LogP contribution in [-0.4, -0.2) is 44.5 Å². The number of carboxylic acids is 1. The summed E-state index contributed by atoms with van der Waals surface area (Å²) in [5.74, 6) is -3.13. The van der Waals surface area contributed by atoms with Crippen LogP contribution in [0.15, 0.2) is 85.3 Å². The van der Waals surface area contributed by atoms with Crippen LogP contribution in [0, 0.1) is 0 Å². The summed E-state index contributed by atoms with van der Waals surface area (Å²) in [5, 5.41) is 11.5. The number of esters is 1. The van der Waals surface area contributed by atoms with Crippen molar-refractivity contribution in [1.29, 1.82) is 0 Å². The summed E-state index contributed by atoms with van der Waals surface area (Å²) in [6.07, 6.45) is 2.58. The van der Waals surface area contributed by atoms with Crippen molar-refractivity contribution in [2.45, 2.75) is 31.5 Å². The molecule has 0 radical (unpaired) electrons. The molecular weight excluding hydrogens is 460 g/mol. The summed E-state index contributed by atoms with van der Waals surface area (Å²) < 4.78 is 5.47. The highest BCUT2D eigenvalue weighted by molar-refractivity contribution is 6.16. The fourth-order valence-electron chi connectivity index (χ4n) is 3.94. The average Bonchev–Trinajstić information content (AvgIpc) is 3.40. The molecule has 1 amide bonds. The Bertz CT molecular complexity index is 1370. The molecule has 4 N–H and O–H groups in total. The number of hydrogen-bond donors (Lipinski definition) is 3. The number of nitrogens with one attached hydrogen (secondary N) is 1. The highest BCUT2D eigenvalue weighted by atomic mass is 16.5. The van der Waals surface area contributed by atoms with E-state index >= 15 is 0 Å². The van der Waals surface area contributed by atoms with Crippen LogP contribution in [-0.2, 0) is 32.1 Å². The van der Waals surface area contributed by atoms with Gasteiger partial charge in [0, 0.05) is 24.0 Å². The SMILES string of the molecule is C[C@H](C(=O)O)N(C(=O)[C@@](N)(Cc1cnc[nH]1)C(=O)OCc1ccccc1)c1ccc2ccccc2c1. The summed E-state index contributed by atoms with van der Waals surface area (Å²) in [6.45, 7) is 1.26. The van der Waals surface area contributed by atoms with Crippen LogP contribution in [0.2, 0.25) is 0 Å². The molecule has 0 fully saturated rings. The van der Waals surface area contributed by atoms with Crippen molar-refractivity contribution in [2.24, 2.45) is 5.73 Å². The maximum absolute atomic E-state index is 14.0. The Hall–Kier alpha value is -4.50. The van der Waals surface area contributed by atoms with Crippen molar-refractivity contribution >= 4 is 34.3 Å². The Morgan fingerprint density at radius 1 is 1.06 bits per heavy atom. The molecule has 0 aliphatic heterocycles. The largest absolute Gasteiger partial charge is 0.480 e. The lowest BCUT2D eigenvalue weighted by Crippen LogP contribution is -2.65. The van der Waals surface area contributed by atoms with Gasteiger partial charge in [0.1, 0.15) is 12.6 Å². The summed E-state index contributed by atoms with van der Waals surface area (Å²) in [4.78, 5) is 47.3. The molecule has 0 bridgehead atoms. The van der Waals surface area contributed by atoms with Crippen molar-refractivity contribution in [1.82, 2.24) is 9.97 Å². The number of aromatic nitrogens is 2. The zero-order valence-electron chi connectivity index (χ0n) is 19.6. The van der Waals surface area contributed by atoms with Gasteiger partial charge in [0.15, 0.2) is 5.54 Å². The van der Waals surface area contributed by atoms with Gasteiger partial charge in [-0.05, 0) is 35.4 Å². The number of nitrogens with two attached hydrogens (primary N) is 1. The predicted molar refractivity (Wildman–Crippen MR) is 134 cm³/mol. The number of carbonyl (C=O) groups is 3. The van der Waals surface area contributed by atoms with Crippen LogP contribution < -0.4 is 10.6 Å². The molecule has 0 aliphatic rings. The van der Waals surface area contributed by atoms with Gasteiger partial charge in [-0.3, -0.25) is 9.69 Å². The van der Waals surface area contributed by atoms with E-state index in [9.17, 15) is 19.5 Å². The molecule has 36 heavy (non-hydrogen) atoms. The first-order valence-electron chi connectivity index (χ1n) is 11.3. The Kier molecular flexibility index (Phi) is 7.12. The molecule has 0 unspecified atom stereocenters. The Morgan fingerprint density at radius 3 is 2.42 bits per heavy atom. The monoisotopic (exact) mass is 486 g/mol. The number of carboxylic acid groups (broad SMARTS) is 1. The minimum atomic E-state index is -2.23. The third kappa shape index (κ3) is 5.11. The van der Waals surface area contributed by atoms with Gasteiger partial charge in [-0.1, -0.05) is 60.7 Å². The van der Waals surface area contributed by atoms with E-state index in [4.69, 9.17) is 10.5 Å². The summed E-state index contributed by atoms with van der Waals surface area (Å²) in [7, 11) is 0. The Morgan fingerprint density at radius 2 is 1.75 bits per heavy atom. The first-order chi connectivity index (χ1) is 17.3. The van der Waals surface area contributed by atoms with Gasteiger partial charge in [0.2, 0.25) is 0 Å². The minimum Gasteiger partial charge on any atom is -0.480 e. The van der Waals surface area contributed by atoms with E-state index < -0.39 is 29.4 Å². The first-order valence-corrected chi connectivity index (χ1v) is 11.3. The van der Waals surface area contributed by atoms with Crippen LogP contribution in [0.3, 0.4) is 0 Å². The number of H-pyrrole nitrogens is 1. The number of anilines is 1. The molecule has 9 nitrogen and oxygen atoms in total. The quantitative estimate of drug-likeness (QED) is 0.244. The molecule has 4 aromatic rings. The van der Waals surface area contributed by atoms with Crippen LogP contribution in [0.1, 0.15) is 18.2 Å². The molecule has 4 rings (SSSR count). The van der Waals surface area contributed by atoms with E-state index in [2.05, 4.69) is 9.97 Å². The van der Waals surface area contributed by atoms with E-state index in [1.54, 1.807) is 42.5 Å². The highest BCUT2D eigenvalue weighted by Crippen LogP contribution is 2.27. The molecule has 0 aliphatic carbocycles. The average molecular weight is 487 g/mol.